The number of rotatable bonds is 1. The molecule has 2 aromatic rings. The maximum atomic E-state index is 11.3. The number of H-pyrrole nitrogens is 1. The van der Waals surface area contributed by atoms with Gasteiger partial charge in [-0.15, -0.1) is 0 Å². The molecule has 0 spiro atoms. The molecular formula is C9H4Cl2N2O3. The van der Waals surface area contributed by atoms with E-state index in [-0.39, 0.29) is 15.6 Å². The van der Waals surface area contributed by atoms with Crippen molar-refractivity contribution in [1.29, 1.82) is 0 Å². The van der Waals surface area contributed by atoms with E-state index in [0.717, 1.165) is 0 Å². The quantitative estimate of drug-likeness (QED) is 0.819. The van der Waals surface area contributed by atoms with Gasteiger partial charge in [-0.1, -0.05) is 23.2 Å². The summed E-state index contributed by atoms with van der Waals surface area (Å²) in [6, 6.07) is 2.99. The highest BCUT2D eigenvalue weighted by molar-refractivity contribution is 6.44. The molecule has 0 aliphatic heterocycles. The third-order valence-electron chi connectivity index (χ3n) is 1.96. The van der Waals surface area contributed by atoms with Crippen molar-refractivity contribution >= 4 is 40.2 Å². The average Bonchev–Trinajstić information content (AvgIpc) is 2.23. The first kappa shape index (κ1) is 10.9. The summed E-state index contributed by atoms with van der Waals surface area (Å²) in [7, 11) is 0. The lowest BCUT2D eigenvalue weighted by Gasteiger charge is -2.02. The van der Waals surface area contributed by atoms with E-state index < -0.39 is 17.2 Å². The first-order valence-corrected chi connectivity index (χ1v) is 4.87. The van der Waals surface area contributed by atoms with Crippen LogP contribution in [0.3, 0.4) is 0 Å². The van der Waals surface area contributed by atoms with Crippen LogP contribution in [0, 0.1) is 0 Å². The number of benzene rings is 1. The zero-order chi connectivity index (χ0) is 11.9. The molecule has 0 fully saturated rings. The van der Waals surface area contributed by atoms with E-state index in [9.17, 15) is 9.59 Å². The van der Waals surface area contributed by atoms with Crippen LogP contribution in [-0.4, -0.2) is 21.0 Å². The van der Waals surface area contributed by atoms with E-state index in [0.29, 0.717) is 5.52 Å². The summed E-state index contributed by atoms with van der Waals surface area (Å²) < 4.78 is 0. The molecule has 7 heteroatoms. The van der Waals surface area contributed by atoms with Gasteiger partial charge in [0.05, 0.1) is 15.6 Å². The van der Waals surface area contributed by atoms with E-state index in [4.69, 9.17) is 28.3 Å². The Morgan fingerprint density at radius 3 is 2.69 bits per heavy atom. The van der Waals surface area contributed by atoms with Crippen molar-refractivity contribution in [3.05, 3.63) is 38.2 Å². The van der Waals surface area contributed by atoms with Gasteiger partial charge in [0.15, 0.2) is 0 Å². The van der Waals surface area contributed by atoms with Gasteiger partial charge in [0.25, 0.3) is 5.56 Å². The Morgan fingerprint density at radius 1 is 1.38 bits per heavy atom. The molecule has 1 aromatic heterocycles. The molecule has 0 aliphatic carbocycles. The maximum Gasteiger partial charge on any atom is 0.360 e. The number of nitrogens with zero attached hydrogens (tertiary/aromatic N) is 1. The number of nitrogens with one attached hydrogen (secondary N) is 1. The van der Waals surface area contributed by atoms with Crippen molar-refractivity contribution in [3.63, 3.8) is 0 Å². The maximum absolute atomic E-state index is 11.3. The zero-order valence-electron chi connectivity index (χ0n) is 7.62. The molecular weight excluding hydrogens is 255 g/mol. The highest BCUT2D eigenvalue weighted by Gasteiger charge is 2.14. The number of halogens is 2. The van der Waals surface area contributed by atoms with E-state index in [1.165, 1.54) is 12.1 Å². The third kappa shape index (κ3) is 1.64. The molecule has 0 amide bonds. The third-order valence-corrected chi connectivity index (χ3v) is 2.75. The molecule has 0 radical (unpaired) electrons. The Balaban J connectivity index is 2.92. The Kier molecular flexibility index (Phi) is 2.57. The van der Waals surface area contributed by atoms with Crippen molar-refractivity contribution in [2.75, 3.05) is 0 Å². The van der Waals surface area contributed by atoms with Gasteiger partial charge in [0, 0.05) is 0 Å². The number of carbonyl (C=O) groups is 1. The number of aromatic carboxylic acids is 1. The smallest absolute Gasteiger partial charge is 0.360 e. The number of hydrogen-bond acceptors (Lipinski definition) is 3. The lowest BCUT2D eigenvalue weighted by atomic mass is 10.3. The Bertz CT molecular complexity index is 651. The van der Waals surface area contributed by atoms with Gasteiger partial charge in [-0.2, -0.15) is 0 Å². The summed E-state index contributed by atoms with van der Waals surface area (Å²) in [5.41, 5.74) is -0.898. The predicted molar refractivity (Wildman–Crippen MR) is 59.3 cm³/mol. The van der Waals surface area contributed by atoms with Gasteiger partial charge in [0.1, 0.15) is 5.52 Å². The molecule has 0 bridgehead atoms. The molecule has 0 unspecified atom stereocenters. The zero-order valence-corrected chi connectivity index (χ0v) is 9.13. The van der Waals surface area contributed by atoms with Crippen molar-refractivity contribution < 1.29 is 9.90 Å². The second-order valence-electron chi connectivity index (χ2n) is 2.98. The van der Waals surface area contributed by atoms with Crippen LogP contribution in [0.4, 0.5) is 0 Å². The molecule has 0 saturated heterocycles. The largest absolute Gasteiger partial charge is 0.476 e. The molecule has 0 atom stereocenters. The van der Waals surface area contributed by atoms with E-state index in [1.54, 1.807) is 0 Å². The Morgan fingerprint density at radius 2 is 2.06 bits per heavy atom. The number of carboxylic acid groups (broad SMARTS) is 1. The summed E-state index contributed by atoms with van der Waals surface area (Å²) in [5.74, 6) is -1.42. The average molecular weight is 259 g/mol. The summed E-state index contributed by atoms with van der Waals surface area (Å²) >= 11 is 11.6. The van der Waals surface area contributed by atoms with Gasteiger partial charge >= 0.3 is 5.97 Å². The highest BCUT2D eigenvalue weighted by atomic mass is 35.5. The number of fused-ring (bicyclic) bond motifs is 1. The number of aromatic amines is 1. The minimum atomic E-state index is -1.42. The Labute approximate surface area is 98.6 Å². The van der Waals surface area contributed by atoms with Crippen LogP contribution in [0.5, 0.6) is 0 Å². The highest BCUT2D eigenvalue weighted by Crippen LogP contribution is 2.27. The topological polar surface area (TPSA) is 83.0 Å². The van der Waals surface area contributed by atoms with Gasteiger partial charge < -0.3 is 10.1 Å². The molecule has 2 rings (SSSR count). The van der Waals surface area contributed by atoms with Crippen molar-refractivity contribution in [2.45, 2.75) is 0 Å². The molecule has 0 saturated carbocycles. The lowest BCUT2D eigenvalue weighted by molar-refractivity contribution is 0.0689. The van der Waals surface area contributed by atoms with Crippen molar-refractivity contribution in [1.82, 2.24) is 9.97 Å². The molecule has 1 aromatic carbocycles. The first-order chi connectivity index (χ1) is 7.50. The van der Waals surface area contributed by atoms with Crippen LogP contribution >= 0.6 is 23.2 Å². The van der Waals surface area contributed by atoms with E-state index in [2.05, 4.69) is 9.97 Å². The number of hydrogen-bond donors (Lipinski definition) is 2. The summed E-state index contributed by atoms with van der Waals surface area (Å²) in [6.07, 6.45) is 0. The fourth-order valence-electron chi connectivity index (χ4n) is 1.24. The molecule has 1 heterocycles. The minimum Gasteiger partial charge on any atom is -0.476 e. The SMILES string of the molecule is O=C(O)c1nc2c(Cl)c(Cl)ccc2[nH]c1=O. The normalized spacial score (nSPS) is 10.6. The van der Waals surface area contributed by atoms with Crippen LogP contribution < -0.4 is 5.56 Å². The van der Waals surface area contributed by atoms with Gasteiger partial charge in [-0.05, 0) is 12.1 Å². The van der Waals surface area contributed by atoms with Gasteiger partial charge in [-0.3, -0.25) is 4.79 Å². The van der Waals surface area contributed by atoms with Crippen LogP contribution in [0.25, 0.3) is 11.0 Å². The molecule has 82 valence electrons. The fourth-order valence-corrected chi connectivity index (χ4v) is 1.60. The molecule has 0 aliphatic rings. The Hall–Kier alpha value is -1.59. The summed E-state index contributed by atoms with van der Waals surface area (Å²) in [4.78, 5) is 28.0. The fraction of sp³-hybridized carbons (Fsp3) is 0. The van der Waals surface area contributed by atoms with E-state index in [1.807, 2.05) is 0 Å². The second-order valence-corrected chi connectivity index (χ2v) is 3.76. The van der Waals surface area contributed by atoms with Gasteiger partial charge in [0.2, 0.25) is 5.69 Å². The number of carboxylic acids is 1. The monoisotopic (exact) mass is 258 g/mol. The van der Waals surface area contributed by atoms with Gasteiger partial charge in [-0.25, -0.2) is 9.78 Å². The summed E-state index contributed by atoms with van der Waals surface area (Å²) in [5, 5.41) is 9.08. The van der Waals surface area contributed by atoms with E-state index >= 15 is 0 Å². The van der Waals surface area contributed by atoms with Crippen LogP contribution in [0.1, 0.15) is 10.5 Å². The second kappa shape index (κ2) is 3.77. The van der Waals surface area contributed by atoms with Crippen molar-refractivity contribution in [3.8, 4) is 0 Å². The lowest BCUT2D eigenvalue weighted by Crippen LogP contribution is -2.19. The first-order valence-electron chi connectivity index (χ1n) is 4.12. The molecule has 5 nitrogen and oxygen atoms in total. The summed E-state index contributed by atoms with van der Waals surface area (Å²) in [6.45, 7) is 0. The standard InChI is InChI=1S/C9H4Cl2N2O3/c10-3-1-2-4-6(5(3)11)13-7(9(15)16)8(14)12-4/h1-2H,(H,12,14)(H,15,16). The molecule has 16 heavy (non-hydrogen) atoms. The number of aromatic nitrogens is 2. The molecule has 2 N–H and O–H groups in total. The van der Waals surface area contributed by atoms with Crippen LogP contribution in [0.2, 0.25) is 10.0 Å². The predicted octanol–water partition coefficient (Wildman–Crippen LogP) is 1.93. The minimum absolute atomic E-state index is 0.109. The van der Waals surface area contributed by atoms with Crippen LogP contribution in [-0.2, 0) is 0 Å². The van der Waals surface area contributed by atoms with Crippen molar-refractivity contribution in [2.24, 2.45) is 0 Å². The van der Waals surface area contributed by atoms with Crippen LogP contribution in [0.15, 0.2) is 16.9 Å².